The molecule has 0 aliphatic heterocycles. The summed E-state index contributed by atoms with van der Waals surface area (Å²) in [6.07, 6.45) is 4.24. The minimum absolute atomic E-state index is 0.208. The molecule has 3 heterocycles. The average molecular weight is 320 g/mol. The normalized spacial score (nSPS) is 11.2. The molecule has 0 aliphatic carbocycles. The number of hydrogen-bond donors (Lipinski definition) is 1. The summed E-state index contributed by atoms with van der Waals surface area (Å²) in [6, 6.07) is 9.44. The van der Waals surface area contributed by atoms with Gasteiger partial charge in [0.1, 0.15) is 5.75 Å². The summed E-state index contributed by atoms with van der Waals surface area (Å²) in [5.41, 5.74) is 3.84. The van der Waals surface area contributed by atoms with Crippen LogP contribution in [0.4, 0.5) is 0 Å². The van der Waals surface area contributed by atoms with Crippen LogP contribution in [0.25, 0.3) is 27.8 Å². The number of ether oxygens (including phenoxy) is 1. The molecule has 1 N–H and O–H groups in total. The molecule has 4 aromatic rings. The summed E-state index contributed by atoms with van der Waals surface area (Å²) in [4.78, 5) is 24.0. The topological polar surface area (TPSA) is 72.8 Å². The number of aromatic amines is 1. The van der Waals surface area contributed by atoms with Gasteiger partial charge in [0.15, 0.2) is 5.65 Å². The lowest BCUT2D eigenvalue weighted by molar-refractivity contribution is 0.419. The first-order valence-electron chi connectivity index (χ1n) is 7.74. The van der Waals surface area contributed by atoms with Gasteiger partial charge in [-0.3, -0.25) is 14.5 Å². The van der Waals surface area contributed by atoms with Crippen molar-refractivity contribution in [3.05, 3.63) is 58.8 Å². The maximum Gasteiger partial charge on any atom is 0.332 e. The van der Waals surface area contributed by atoms with Gasteiger partial charge in [0, 0.05) is 17.8 Å². The fourth-order valence-electron chi connectivity index (χ4n) is 3.05. The van der Waals surface area contributed by atoms with Crippen LogP contribution >= 0.6 is 0 Å². The molecule has 0 saturated heterocycles. The Morgan fingerprint density at radius 3 is 2.79 bits per heavy atom. The van der Waals surface area contributed by atoms with Crippen molar-refractivity contribution in [2.45, 2.75) is 13.3 Å². The van der Waals surface area contributed by atoms with E-state index >= 15 is 0 Å². The van der Waals surface area contributed by atoms with Crippen LogP contribution < -0.4 is 10.4 Å². The molecule has 3 aromatic heterocycles. The first-order chi connectivity index (χ1) is 11.7. The highest BCUT2D eigenvalue weighted by Gasteiger charge is 2.14. The fraction of sp³-hybridized carbons (Fsp3) is 0.167. The van der Waals surface area contributed by atoms with E-state index in [4.69, 9.17) is 4.74 Å². The van der Waals surface area contributed by atoms with Gasteiger partial charge in [-0.05, 0) is 42.3 Å². The Kier molecular flexibility index (Phi) is 3.30. The number of aromatic nitrogens is 4. The highest BCUT2D eigenvalue weighted by atomic mass is 16.5. The maximum atomic E-state index is 12.5. The predicted molar refractivity (Wildman–Crippen MR) is 92.9 cm³/mol. The number of imidazole rings is 1. The summed E-state index contributed by atoms with van der Waals surface area (Å²) in [6.45, 7) is 2.06. The Hall–Kier alpha value is -3.15. The zero-order valence-corrected chi connectivity index (χ0v) is 13.4. The third kappa shape index (κ3) is 2.07. The molecule has 0 atom stereocenters. The third-order valence-corrected chi connectivity index (χ3v) is 4.20. The third-order valence-electron chi connectivity index (χ3n) is 4.20. The number of H-pyrrole nitrogens is 1. The Bertz CT molecular complexity index is 1110. The lowest BCUT2D eigenvalue weighted by atomic mass is 10.1. The van der Waals surface area contributed by atoms with Gasteiger partial charge in [-0.25, -0.2) is 9.78 Å². The lowest BCUT2D eigenvalue weighted by Gasteiger charge is -2.09. The second-order valence-corrected chi connectivity index (χ2v) is 5.50. The molecular weight excluding hydrogens is 304 g/mol. The van der Waals surface area contributed by atoms with Crippen LogP contribution in [0.3, 0.4) is 0 Å². The number of rotatable bonds is 3. The molecule has 0 bridgehead atoms. The van der Waals surface area contributed by atoms with E-state index in [2.05, 4.69) is 21.9 Å². The number of benzene rings is 1. The second kappa shape index (κ2) is 5.49. The number of hydrogen-bond acceptors (Lipinski definition) is 4. The van der Waals surface area contributed by atoms with Crippen LogP contribution in [0.15, 0.2) is 47.5 Å². The summed E-state index contributed by atoms with van der Waals surface area (Å²) in [5.74, 6) is 0.726. The molecule has 6 nitrogen and oxygen atoms in total. The zero-order valence-electron chi connectivity index (χ0n) is 13.4. The molecular formula is C18H16N4O2. The molecule has 0 amide bonds. The first kappa shape index (κ1) is 14.4. The maximum absolute atomic E-state index is 12.5. The smallest absolute Gasteiger partial charge is 0.332 e. The standard InChI is InChI=1S/C18H16N4O2/c1-3-11-6-8-20-17-16(11)22(18(23)21-17)12-4-5-14-13(10-12)15(24-2)7-9-19-14/h4-10H,3H2,1-2H3,(H,20,21,23). The van der Waals surface area contributed by atoms with E-state index in [1.165, 1.54) is 0 Å². The van der Waals surface area contributed by atoms with Crippen molar-refractivity contribution in [3.63, 3.8) is 0 Å². The van der Waals surface area contributed by atoms with Gasteiger partial charge >= 0.3 is 5.69 Å². The van der Waals surface area contributed by atoms with Gasteiger partial charge in [0.05, 0.1) is 23.8 Å². The minimum atomic E-state index is -0.208. The highest BCUT2D eigenvalue weighted by Crippen LogP contribution is 2.27. The summed E-state index contributed by atoms with van der Waals surface area (Å²) >= 11 is 0. The number of pyridine rings is 2. The van der Waals surface area contributed by atoms with Gasteiger partial charge in [0.2, 0.25) is 0 Å². The van der Waals surface area contributed by atoms with Crippen molar-refractivity contribution in [3.8, 4) is 11.4 Å². The summed E-state index contributed by atoms with van der Waals surface area (Å²) in [7, 11) is 1.62. The molecule has 0 radical (unpaired) electrons. The molecule has 0 spiro atoms. The molecule has 0 saturated carbocycles. The molecule has 0 aliphatic rings. The quantitative estimate of drug-likeness (QED) is 0.630. The largest absolute Gasteiger partial charge is 0.496 e. The number of aryl methyl sites for hydroxylation is 1. The second-order valence-electron chi connectivity index (χ2n) is 5.50. The van der Waals surface area contributed by atoms with E-state index in [1.54, 1.807) is 24.1 Å². The van der Waals surface area contributed by atoms with Gasteiger partial charge in [0.25, 0.3) is 0 Å². The van der Waals surface area contributed by atoms with Crippen LogP contribution in [-0.4, -0.2) is 26.6 Å². The SMILES string of the molecule is CCc1ccnc2[nH]c(=O)n(-c3ccc4nccc(OC)c4c3)c12. The Morgan fingerprint density at radius 1 is 1.17 bits per heavy atom. The average Bonchev–Trinajstić information content (AvgIpc) is 2.96. The fourth-order valence-corrected chi connectivity index (χ4v) is 3.05. The molecule has 6 heteroatoms. The number of methoxy groups -OCH3 is 1. The van der Waals surface area contributed by atoms with Crippen LogP contribution in [0.5, 0.6) is 5.75 Å². The van der Waals surface area contributed by atoms with Gasteiger partial charge in [-0.1, -0.05) is 6.92 Å². The highest BCUT2D eigenvalue weighted by molar-refractivity contribution is 5.87. The summed E-state index contributed by atoms with van der Waals surface area (Å²) < 4.78 is 7.07. The van der Waals surface area contributed by atoms with E-state index in [-0.39, 0.29) is 5.69 Å². The van der Waals surface area contributed by atoms with Crippen LogP contribution in [0.1, 0.15) is 12.5 Å². The summed E-state index contributed by atoms with van der Waals surface area (Å²) in [5, 5.41) is 0.862. The molecule has 0 fully saturated rings. The monoisotopic (exact) mass is 320 g/mol. The molecule has 1 aromatic carbocycles. The van der Waals surface area contributed by atoms with E-state index in [0.29, 0.717) is 5.65 Å². The Labute approximate surface area is 137 Å². The van der Waals surface area contributed by atoms with Crippen molar-refractivity contribution in [1.82, 2.24) is 19.5 Å². The Balaban J connectivity index is 2.06. The molecule has 24 heavy (non-hydrogen) atoms. The molecule has 4 rings (SSSR count). The lowest BCUT2D eigenvalue weighted by Crippen LogP contribution is -2.15. The predicted octanol–water partition coefficient (Wildman–Crippen LogP) is 2.83. The van der Waals surface area contributed by atoms with Crippen molar-refractivity contribution in [2.75, 3.05) is 7.11 Å². The number of nitrogens with one attached hydrogen (secondary N) is 1. The molecule has 0 unspecified atom stereocenters. The zero-order chi connectivity index (χ0) is 16.7. The van der Waals surface area contributed by atoms with Gasteiger partial charge in [-0.15, -0.1) is 0 Å². The van der Waals surface area contributed by atoms with Crippen molar-refractivity contribution < 1.29 is 4.74 Å². The van der Waals surface area contributed by atoms with Crippen LogP contribution in [0.2, 0.25) is 0 Å². The Morgan fingerprint density at radius 2 is 2.00 bits per heavy atom. The van der Waals surface area contributed by atoms with Crippen molar-refractivity contribution in [2.24, 2.45) is 0 Å². The van der Waals surface area contributed by atoms with Gasteiger partial charge < -0.3 is 4.74 Å². The number of nitrogens with zero attached hydrogens (tertiary/aromatic N) is 3. The van der Waals surface area contributed by atoms with Crippen molar-refractivity contribution >= 4 is 22.1 Å². The van der Waals surface area contributed by atoms with Crippen LogP contribution in [-0.2, 0) is 6.42 Å². The van der Waals surface area contributed by atoms with Crippen LogP contribution in [0, 0.1) is 0 Å². The first-order valence-corrected chi connectivity index (χ1v) is 7.74. The number of fused-ring (bicyclic) bond motifs is 2. The van der Waals surface area contributed by atoms with E-state index < -0.39 is 0 Å². The van der Waals surface area contributed by atoms with E-state index in [9.17, 15) is 4.79 Å². The molecule has 120 valence electrons. The van der Waals surface area contributed by atoms with Crippen molar-refractivity contribution in [1.29, 1.82) is 0 Å². The van der Waals surface area contributed by atoms with E-state index in [1.807, 2.05) is 30.3 Å². The van der Waals surface area contributed by atoms with E-state index in [0.717, 1.165) is 39.8 Å². The van der Waals surface area contributed by atoms with Gasteiger partial charge in [-0.2, -0.15) is 0 Å². The minimum Gasteiger partial charge on any atom is -0.496 e.